The maximum absolute atomic E-state index is 11.8. The summed E-state index contributed by atoms with van der Waals surface area (Å²) in [5, 5.41) is 2.41. The van der Waals surface area contributed by atoms with Crippen LogP contribution in [0.1, 0.15) is 16.8 Å². The fourth-order valence-electron chi connectivity index (χ4n) is 1.33. The third-order valence-corrected chi connectivity index (χ3v) is 2.33. The molecule has 0 radical (unpaired) electrons. The fourth-order valence-corrected chi connectivity index (χ4v) is 1.33. The zero-order valence-electron chi connectivity index (χ0n) is 10.6. The van der Waals surface area contributed by atoms with Gasteiger partial charge in [0.1, 0.15) is 6.04 Å². The van der Waals surface area contributed by atoms with Gasteiger partial charge in [-0.05, 0) is 12.1 Å². The molecular formula is C12H14N2O5. The van der Waals surface area contributed by atoms with Crippen LogP contribution in [0.15, 0.2) is 24.5 Å². The van der Waals surface area contributed by atoms with Gasteiger partial charge in [0.25, 0.3) is 5.91 Å². The molecule has 0 aliphatic carbocycles. The van der Waals surface area contributed by atoms with Crippen LogP contribution in [0.4, 0.5) is 0 Å². The molecule has 102 valence electrons. The van der Waals surface area contributed by atoms with Crippen LogP contribution in [0.25, 0.3) is 0 Å². The summed E-state index contributed by atoms with van der Waals surface area (Å²) in [5.41, 5.74) is 0.328. The summed E-state index contributed by atoms with van der Waals surface area (Å²) in [5.74, 6) is -1.83. The van der Waals surface area contributed by atoms with Crippen molar-refractivity contribution >= 4 is 17.8 Å². The molecule has 0 aliphatic rings. The highest BCUT2D eigenvalue weighted by molar-refractivity contribution is 5.97. The molecule has 7 nitrogen and oxygen atoms in total. The summed E-state index contributed by atoms with van der Waals surface area (Å²) in [6.45, 7) is 0. The van der Waals surface area contributed by atoms with Crippen molar-refractivity contribution in [2.24, 2.45) is 0 Å². The Bertz CT molecular complexity index is 460. The van der Waals surface area contributed by atoms with Crippen LogP contribution in [0, 0.1) is 0 Å². The molecule has 0 bridgehead atoms. The number of rotatable bonds is 5. The summed E-state index contributed by atoms with van der Waals surface area (Å²) in [7, 11) is 2.37. The predicted molar refractivity (Wildman–Crippen MR) is 64.1 cm³/mol. The number of nitrogens with one attached hydrogen (secondary N) is 1. The number of carbonyl (C=O) groups excluding carboxylic acids is 3. The van der Waals surface area contributed by atoms with E-state index in [9.17, 15) is 14.4 Å². The molecule has 7 heteroatoms. The molecule has 19 heavy (non-hydrogen) atoms. The zero-order valence-corrected chi connectivity index (χ0v) is 10.6. The largest absolute Gasteiger partial charge is 0.469 e. The van der Waals surface area contributed by atoms with Gasteiger partial charge in [-0.25, -0.2) is 4.79 Å². The number of esters is 2. The summed E-state index contributed by atoms with van der Waals surface area (Å²) in [6.07, 6.45) is 2.60. The lowest BCUT2D eigenvalue weighted by Gasteiger charge is -2.15. The van der Waals surface area contributed by atoms with Gasteiger partial charge >= 0.3 is 11.9 Å². The first kappa shape index (κ1) is 14.6. The summed E-state index contributed by atoms with van der Waals surface area (Å²) in [4.78, 5) is 38.3. The highest BCUT2D eigenvalue weighted by Crippen LogP contribution is 2.02. The van der Waals surface area contributed by atoms with Gasteiger partial charge in [0, 0.05) is 18.0 Å². The third-order valence-electron chi connectivity index (χ3n) is 2.33. The lowest BCUT2D eigenvalue weighted by atomic mass is 10.2. The van der Waals surface area contributed by atoms with Crippen molar-refractivity contribution in [2.45, 2.75) is 12.5 Å². The highest BCUT2D eigenvalue weighted by Gasteiger charge is 2.25. The van der Waals surface area contributed by atoms with Gasteiger partial charge in [-0.3, -0.25) is 14.6 Å². The molecule has 0 aliphatic heterocycles. The maximum atomic E-state index is 11.8. The van der Waals surface area contributed by atoms with E-state index in [2.05, 4.69) is 19.8 Å². The van der Waals surface area contributed by atoms with E-state index in [4.69, 9.17) is 0 Å². The molecule has 0 saturated heterocycles. The molecule has 1 amide bonds. The van der Waals surface area contributed by atoms with E-state index >= 15 is 0 Å². The van der Waals surface area contributed by atoms with Gasteiger partial charge in [-0.1, -0.05) is 0 Å². The Hall–Kier alpha value is -2.44. The van der Waals surface area contributed by atoms with Crippen molar-refractivity contribution in [1.29, 1.82) is 0 Å². The molecule has 1 N–H and O–H groups in total. The van der Waals surface area contributed by atoms with E-state index in [1.807, 2.05) is 0 Å². The van der Waals surface area contributed by atoms with E-state index in [0.29, 0.717) is 5.56 Å². The van der Waals surface area contributed by atoms with Crippen LogP contribution >= 0.6 is 0 Å². The minimum absolute atomic E-state index is 0.292. The van der Waals surface area contributed by atoms with E-state index in [0.717, 1.165) is 0 Å². The molecular weight excluding hydrogens is 252 g/mol. The minimum Gasteiger partial charge on any atom is -0.469 e. The van der Waals surface area contributed by atoms with Crippen LogP contribution in [0.3, 0.4) is 0 Å². The standard InChI is InChI=1S/C12H14N2O5/c1-18-10(15)7-9(12(17)19-2)14-11(16)8-3-5-13-6-4-8/h3-6,9H,7H2,1-2H3,(H,14,16)/t9-/m1/s1. The average molecular weight is 266 g/mol. The van der Waals surface area contributed by atoms with Gasteiger partial charge in [0.2, 0.25) is 0 Å². The molecule has 0 aromatic carbocycles. The number of nitrogens with zero attached hydrogens (tertiary/aromatic N) is 1. The number of carbonyl (C=O) groups is 3. The molecule has 0 unspecified atom stereocenters. The molecule has 0 fully saturated rings. The van der Waals surface area contributed by atoms with Gasteiger partial charge in [-0.2, -0.15) is 0 Å². The van der Waals surface area contributed by atoms with E-state index in [-0.39, 0.29) is 6.42 Å². The van der Waals surface area contributed by atoms with Crippen LogP contribution in [0.2, 0.25) is 0 Å². The smallest absolute Gasteiger partial charge is 0.328 e. The van der Waals surface area contributed by atoms with E-state index in [1.54, 1.807) is 0 Å². The Balaban J connectivity index is 2.74. The van der Waals surface area contributed by atoms with Crippen molar-refractivity contribution in [3.05, 3.63) is 30.1 Å². The second-order valence-electron chi connectivity index (χ2n) is 3.57. The molecule has 0 spiro atoms. The first-order valence-electron chi connectivity index (χ1n) is 5.44. The first-order chi connectivity index (χ1) is 9.08. The quantitative estimate of drug-likeness (QED) is 0.749. The number of hydrogen-bond acceptors (Lipinski definition) is 6. The van der Waals surface area contributed by atoms with Crippen molar-refractivity contribution in [2.75, 3.05) is 14.2 Å². The summed E-state index contributed by atoms with van der Waals surface area (Å²) in [6, 6.07) is 1.89. The Kier molecular flexibility index (Phi) is 5.46. The molecule has 1 aromatic rings. The minimum atomic E-state index is -1.09. The Morgan fingerprint density at radius 2 is 1.84 bits per heavy atom. The second-order valence-corrected chi connectivity index (χ2v) is 3.57. The normalized spacial score (nSPS) is 11.3. The number of ether oxygens (including phenoxy) is 2. The van der Waals surface area contributed by atoms with Crippen molar-refractivity contribution in [3.63, 3.8) is 0 Å². The van der Waals surface area contributed by atoms with Crippen molar-refractivity contribution < 1.29 is 23.9 Å². The number of aromatic nitrogens is 1. The number of pyridine rings is 1. The Morgan fingerprint density at radius 1 is 1.21 bits per heavy atom. The van der Waals surface area contributed by atoms with Gasteiger partial charge in [0.05, 0.1) is 20.6 Å². The van der Waals surface area contributed by atoms with E-state index < -0.39 is 23.9 Å². The molecule has 1 heterocycles. The SMILES string of the molecule is COC(=O)C[C@@H](NC(=O)c1ccncc1)C(=O)OC. The third kappa shape index (κ3) is 4.38. The summed E-state index contributed by atoms with van der Waals surface area (Å²) >= 11 is 0. The highest BCUT2D eigenvalue weighted by atomic mass is 16.5. The number of hydrogen-bond donors (Lipinski definition) is 1. The van der Waals surface area contributed by atoms with E-state index in [1.165, 1.54) is 38.7 Å². The average Bonchev–Trinajstić information content (AvgIpc) is 2.46. The number of methoxy groups -OCH3 is 2. The second kappa shape index (κ2) is 7.10. The maximum Gasteiger partial charge on any atom is 0.328 e. The van der Waals surface area contributed by atoms with Crippen LogP contribution in [-0.2, 0) is 19.1 Å². The van der Waals surface area contributed by atoms with Gasteiger partial charge in [0.15, 0.2) is 0 Å². The molecule has 0 saturated carbocycles. The number of amides is 1. The van der Waals surface area contributed by atoms with Crippen LogP contribution in [0.5, 0.6) is 0 Å². The van der Waals surface area contributed by atoms with Crippen molar-refractivity contribution in [3.8, 4) is 0 Å². The van der Waals surface area contributed by atoms with Gasteiger partial charge in [-0.15, -0.1) is 0 Å². The van der Waals surface area contributed by atoms with Crippen molar-refractivity contribution in [1.82, 2.24) is 10.3 Å². The van der Waals surface area contributed by atoms with Crippen LogP contribution < -0.4 is 5.32 Å². The molecule has 1 aromatic heterocycles. The fraction of sp³-hybridized carbons (Fsp3) is 0.333. The monoisotopic (exact) mass is 266 g/mol. The Labute approximate surface area is 109 Å². The molecule has 1 rings (SSSR count). The first-order valence-corrected chi connectivity index (χ1v) is 5.44. The molecule has 1 atom stereocenters. The Morgan fingerprint density at radius 3 is 2.37 bits per heavy atom. The predicted octanol–water partition coefficient (Wildman–Crippen LogP) is -0.0839. The topological polar surface area (TPSA) is 94.6 Å². The van der Waals surface area contributed by atoms with Gasteiger partial charge < -0.3 is 14.8 Å². The van der Waals surface area contributed by atoms with Crippen LogP contribution in [-0.4, -0.2) is 43.1 Å². The summed E-state index contributed by atoms with van der Waals surface area (Å²) < 4.78 is 8.98. The lowest BCUT2D eigenvalue weighted by molar-refractivity contribution is -0.149. The lowest BCUT2D eigenvalue weighted by Crippen LogP contribution is -2.43. The zero-order chi connectivity index (χ0) is 14.3.